The molecule has 3 aromatic rings. The number of hydrogen-bond donors (Lipinski definition) is 0. The van der Waals surface area contributed by atoms with Gasteiger partial charge in [-0.15, -0.1) is 12.4 Å². The van der Waals surface area contributed by atoms with Crippen molar-refractivity contribution in [3.63, 3.8) is 0 Å². The second-order valence-corrected chi connectivity index (χ2v) is 6.91. The number of aryl methyl sites for hydroxylation is 1. The zero-order valence-corrected chi connectivity index (χ0v) is 16.1. The van der Waals surface area contributed by atoms with E-state index in [1.165, 1.54) is 28.5 Å². The van der Waals surface area contributed by atoms with Gasteiger partial charge in [0.25, 0.3) is 0 Å². The number of hydrogen-bond acceptors (Lipinski definition) is 0. The van der Waals surface area contributed by atoms with E-state index >= 15 is 0 Å². The molecule has 0 aliphatic heterocycles. The lowest BCUT2D eigenvalue weighted by molar-refractivity contribution is -0.137. The van der Waals surface area contributed by atoms with Gasteiger partial charge in [0, 0.05) is 0 Å². The van der Waals surface area contributed by atoms with E-state index in [4.69, 9.17) is 0 Å². The fourth-order valence-electron chi connectivity index (χ4n) is 3.52. The lowest BCUT2D eigenvalue weighted by Crippen LogP contribution is -2.05. The summed E-state index contributed by atoms with van der Waals surface area (Å²) >= 11 is 0. The SMILES string of the molecule is C[C@@H](CCCCc1cccc(C(F)(F)F)c1)c1cccc2ccccc12.Cl. The van der Waals surface area contributed by atoms with Gasteiger partial charge in [-0.1, -0.05) is 74.0 Å². The first-order valence-electron chi connectivity index (χ1n) is 9.09. The van der Waals surface area contributed by atoms with Crippen LogP contribution in [0.25, 0.3) is 10.8 Å². The highest BCUT2D eigenvalue weighted by Gasteiger charge is 2.30. The minimum Gasteiger partial charge on any atom is -0.166 e. The molecule has 0 radical (unpaired) electrons. The lowest BCUT2D eigenvalue weighted by Gasteiger charge is -2.15. The maximum absolute atomic E-state index is 12.8. The summed E-state index contributed by atoms with van der Waals surface area (Å²) in [4.78, 5) is 0. The second-order valence-electron chi connectivity index (χ2n) is 6.91. The molecule has 0 N–H and O–H groups in total. The smallest absolute Gasteiger partial charge is 0.166 e. The molecule has 0 bridgehead atoms. The number of fused-ring (bicyclic) bond motifs is 1. The van der Waals surface area contributed by atoms with Crippen molar-refractivity contribution >= 4 is 23.2 Å². The molecule has 3 rings (SSSR count). The third-order valence-electron chi connectivity index (χ3n) is 4.96. The van der Waals surface area contributed by atoms with Gasteiger partial charge in [-0.3, -0.25) is 0 Å². The first-order valence-corrected chi connectivity index (χ1v) is 9.09. The van der Waals surface area contributed by atoms with E-state index in [9.17, 15) is 13.2 Å². The highest BCUT2D eigenvalue weighted by molar-refractivity contribution is 5.86. The van der Waals surface area contributed by atoms with Crippen molar-refractivity contribution in [1.29, 1.82) is 0 Å². The number of alkyl halides is 3. The molecule has 0 aliphatic carbocycles. The number of unbranched alkanes of at least 4 members (excludes halogenated alkanes) is 1. The summed E-state index contributed by atoms with van der Waals surface area (Å²) in [6, 6.07) is 20.5. The predicted octanol–water partition coefficient (Wildman–Crippen LogP) is 7.80. The molecule has 0 fully saturated rings. The van der Waals surface area contributed by atoms with Gasteiger partial charge in [0.1, 0.15) is 0 Å². The van der Waals surface area contributed by atoms with Crippen molar-refractivity contribution < 1.29 is 13.2 Å². The normalized spacial score (nSPS) is 12.6. The standard InChI is InChI=1S/C23H23F3.ClH/c1-17(21-15-7-12-19-11-4-5-14-22(19)21)8-2-3-9-18-10-6-13-20(16-18)23(24,25)26;/h4-7,10-17H,2-3,8-9H2,1H3;1H/t17-;/m0./s1. The van der Waals surface area contributed by atoms with Crippen LogP contribution in [0, 0.1) is 0 Å². The third kappa shape index (κ3) is 5.49. The molecule has 0 aliphatic rings. The number of rotatable bonds is 6. The summed E-state index contributed by atoms with van der Waals surface area (Å²) in [5, 5.41) is 2.54. The molecule has 0 aromatic heterocycles. The highest BCUT2D eigenvalue weighted by Crippen LogP contribution is 2.31. The fraction of sp³-hybridized carbons (Fsp3) is 0.304. The van der Waals surface area contributed by atoms with E-state index in [2.05, 4.69) is 43.3 Å². The molecule has 0 nitrogen and oxygen atoms in total. The monoisotopic (exact) mass is 392 g/mol. The first-order chi connectivity index (χ1) is 12.4. The number of benzene rings is 3. The van der Waals surface area contributed by atoms with Crippen LogP contribution in [-0.2, 0) is 12.6 Å². The van der Waals surface area contributed by atoms with Crippen molar-refractivity contribution in [1.82, 2.24) is 0 Å². The Kier molecular flexibility index (Phi) is 7.32. The molecule has 144 valence electrons. The van der Waals surface area contributed by atoms with Crippen molar-refractivity contribution in [2.75, 3.05) is 0 Å². The van der Waals surface area contributed by atoms with Crippen LogP contribution in [-0.4, -0.2) is 0 Å². The van der Waals surface area contributed by atoms with Crippen LogP contribution in [0.1, 0.15) is 48.8 Å². The summed E-state index contributed by atoms with van der Waals surface area (Å²) < 4.78 is 38.3. The van der Waals surface area contributed by atoms with Crippen LogP contribution < -0.4 is 0 Å². The average Bonchev–Trinajstić information content (AvgIpc) is 2.64. The molecular weight excluding hydrogens is 369 g/mol. The van der Waals surface area contributed by atoms with Crippen molar-refractivity contribution in [3.05, 3.63) is 83.4 Å². The largest absolute Gasteiger partial charge is 0.416 e. The number of halogens is 4. The molecule has 0 spiro atoms. The Morgan fingerprint density at radius 3 is 2.33 bits per heavy atom. The van der Waals surface area contributed by atoms with Gasteiger partial charge in [0.05, 0.1) is 5.56 Å². The van der Waals surface area contributed by atoms with Gasteiger partial charge < -0.3 is 0 Å². The van der Waals surface area contributed by atoms with E-state index < -0.39 is 11.7 Å². The lowest BCUT2D eigenvalue weighted by atomic mass is 9.90. The summed E-state index contributed by atoms with van der Waals surface area (Å²) in [5.74, 6) is 0.433. The molecule has 0 saturated carbocycles. The highest BCUT2D eigenvalue weighted by atomic mass is 35.5. The topological polar surface area (TPSA) is 0 Å². The zero-order chi connectivity index (χ0) is 18.6. The second kappa shape index (κ2) is 9.27. The van der Waals surface area contributed by atoms with Gasteiger partial charge >= 0.3 is 6.18 Å². The fourth-order valence-corrected chi connectivity index (χ4v) is 3.52. The Hall–Kier alpha value is -2.00. The van der Waals surface area contributed by atoms with Crippen molar-refractivity contribution in [3.8, 4) is 0 Å². The molecule has 0 heterocycles. The van der Waals surface area contributed by atoms with Gasteiger partial charge in [0.15, 0.2) is 0 Å². The zero-order valence-electron chi connectivity index (χ0n) is 15.3. The molecule has 3 aromatic carbocycles. The van der Waals surface area contributed by atoms with Crippen LogP contribution in [0.2, 0.25) is 0 Å². The van der Waals surface area contributed by atoms with Gasteiger partial charge in [-0.2, -0.15) is 13.2 Å². The minimum atomic E-state index is -4.26. The molecule has 4 heteroatoms. The summed E-state index contributed by atoms with van der Waals surface area (Å²) in [5.41, 5.74) is 1.55. The van der Waals surface area contributed by atoms with Gasteiger partial charge in [-0.25, -0.2) is 0 Å². The van der Waals surface area contributed by atoms with Crippen LogP contribution in [0.15, 0.2) is 66.7 Å². The Balaban J connectivity index is 0.00000261. The Labute approximate surface area is 164 Å². The Morgan fingerprint density at radius 1 is 0.852 bits per heavy atom. The van der Waals surface area contributed by atoms with Crippen molar-refractivity contribution in [2.45, 2.75) is 44.7 Å². The van der Waals surface area contributed by atoms with E-state index in [0.717, 1.165) is 30.9 Å². The molecule has 27 heavy (non-hydrogen) atoms. The molecule has 0 unspecified atom stereocenters. The third-order valence-corrected chi connectivity index (χ3v) is 4.96. The van der Waals surface area contributed by atoms with Crippen LogP contribution >= 0.6 is 12.4 Å². The first kappa shape index (κ1) is 21.3. The van der Waals surface area contributed by atoms with Gasteiger partial charge in [-0.05, 0) is 53.1 Å². The average molecular weight is 393 g/mol. The van der Waals surface area contributed by atoms with E-state index in [1.54, 1.807) is 6.07 Å². The van der Waals surface area contributed by atoms with Gasteiger partial charge in [0.2, 0.25) is 0 Å². The van der Waals surface area contributed by atoms with E-state index in [-0.39, 0.29) is 12.4 Å². The Bertz CT molecular complexity index is 865. The molecule has 1 atom stereocenters. The molecular formula is C23H24ClF3. The van der Waals surface area contributed by atoms with E-state index in [1.807, 2.05) is 6.07 Å². The van der Waals surface area contributed by atoms with E-state index in [0.29, 0.717) is 12.3 Å². The molecule has 0 amide bonds. The van der Waals surface area contributed by atoms with Crippen LogP contribution in [0.4, 0.5) is 13.2 Å². The maximum atomic E-state index is 12.8. The summed E-state index contributed by atoms with van der Waals surface area (Å²) in [7, 11) is 0. The summed E-state index contributed by atoms with van der Waals surface area (Å²) in [6.07, 6.45) is -0.644. The van der Waals surface area contributed by atoms with Crippen molar-refractivity contribution in [2.24, 2.45) is 0 Å². The van der Waals surface area contributed by atoms with Crippen LogP contribution in [0.5, 0.6) is 0 Å². The minimum absolute atomic E-state index is 0. The Morgan fingerprint density at radius 2 is 1.56 bits per heavy atom. The predicted molar refractivity (Wildman–Crippen MR) is 109 cm³/mol. The quantitative estimate of drug-likeness (QED) is 0.375. The molecule has 0 saturated heterocycles. The summed E-state index contributed by atoms with van der Waals surface area (Å²) in [6.45, 7) is 2.23. The maximum Gasteiger partial charge on any atom is 0.416 e. The van der Waals surface area contributed by atoms with Crippen LogP contribution in [0.3, 0.4) is 0 Å².